The predicted octanol–water partition coefficient (Wildman–Crippen LogP) is 1.83. The van der Waals surface area contributed by atoms with Crippen LogP contribution < -0.4 is 0 Å². The number of hydrogen-bond acceptors (Lipinski definition) is 4. The van der Waals surface area contributed by atoms with Crippen molar-refractivity contribution in [3.63, 3.8) is 0 Å². The van der Waals surface area contributed by atoms with E-state index in [-0.39, 0.29) is 30.5 Å². The van der Waals surface area contributed by atoms with Crippen LogP contribution in [0.5, 0.6) is 0 Å². The smallest absolute Gasteiger partial charge is 0.249 e. The van der Waals surface area contributed by atoms with Gasteiger partial charge in [-0.15, -0.1) is 0 Å². The number of aromatic nitrogens is 1. The van der Waals surface area contributed by atoms with Gasteiger partial charge in [-0.25, -0.2) is 4.39 Å². The predicted molar refractivity (Wildman–Crippen MR) is 90.0 cm³/mol. The topological polar surface area (TPSA) is 45.7 Å². The molecule has 0 radical (unpaired) electrons. The minimum absolute atomic E-state index is 0.00627. The molecule has 0 aliphatic carbocycles. The summed E-state index contributed by atoms with van der Waals surface area (Å²) in [4.78, 5) is 20.5. The van der Waals surface area contributed by atoms with Crippen LogP contribution in [0, 0.1) is 5.82 Å². The molecule has 2 atom stereocenters. The number of nitrogens with zero attached hydrogens (tertiary/aromatic N) is 3. The van der Waals surface area contributed by atoms with Gasteiger partial charge >= 0.3 is 0 Å². The summed E-state index contributed by atoms with van der Waals surface area (Å²) < 4.78 is 19.6. The van der Waals surface area contributed by atoms with Crippen molar-refractivity contribution in [2.24, 2.45) is 0 Å². The number of rotatable bonds is 4. The molecule has 3 heterocycles. The molecule has 0 N–H and O–H groups in total. The lowest BCUT2D eigenvalue weighted by Gasteiger charge is -2.36. The first-order chi connectivity index (χ1) is 12.2. The number of carbonyl (C=O) groups excluding carboxylic acids is 1. The standard InChI is InChI=1S/C19H20FN3O2/c20-15-7-4-8-21-16(15)10-22-11-17-18(12-22)25-13-19(24)23(17)9-14-5-2-1-3-6-14/h1-8,17-18H,9-13H2/t17-,18-/m1/s1. The van der Waals surface area contributed by atoms with Gasteiger partial charge in [0.25, 0.3) is 0 Å². The van der Waals surface area contributed by atoms with E-state index in [1.165, 1.54) is 6.07 Å². The highest BCUT2D eigenvalue weighted by atomic mass is 19.1. The van der Waals surface area contributed by atoms with Crippen LogP contribution in [0.1, 0.15) is 11.3 Å². The van der Waals surface area contributed by atoms with E-state index in [2.05, 4.69) is 9.88 Å². The first kappa shape index (κ1) is 16.2. The third-order valence-electron chi connectivity index (χ3n) is 4.86. The fourth-order valence-electron chi connectivity index (χ4n) is 3.60. The molecule has 1 amide bonds. The van der Waals surface area contributed by atoms with E-state index in [1.54, 1.807) is 12.3 Å². The van der Waals surface area contributed by atoms with Crippen LogP contribution in [0.2, 0.25) is 0 Å². The summed E-state index contributed by atoms with van der Waals surface area (Å²) in [5.74, 6) is -0.286. The SMILES string of the molecule is O=C1CO[C@@H]2CN(Cc3ncccc3F)C[C@H]2N1Cc1ccccc1. The number of likely N-dealkylation sites (tertiary alicyclic amines) is 1. The Morgan fingerprint density at radius 2 is 1.96 bits per heavy atom. The van der Waals surface area contributed by atoms with Crippen LogP contribution in [0.4, 0.5) is 4.39 Å². The Balaban J connectivity index is 1.48. The van der Waals surface area contributed by atoms with E-state index in [0.29, 0.717) is 31.9 Å². The van der Waals surface area contributed by atoms with Crippen LogP contribution in [0.25, 0.3) is 0 Å². The first-order valence-electron chi connectivity index (χ1n) is 8.47. The lowest BCUT2D eigenvalue weighted by molar-refractivity contribution is -0.153. The van der Waals surface area contributed by atoms with Gasteiger partial charge in [-0.3, -0.25) is 14.7 Å². The molecule has 2 fully saturated rings. The summed E-state index contributed by atoms with van der Waals surface area (Å²) in [5.41, 5.74) is 1.54. The fourth-order valence-corrected chi connectivity index (χ4v) is 3.60. The average Bonchev–Trinajstić information content (AvgIpc) is 3.03. The summed E-state index contributed by atoms with van der Waals surface area (Å²) in [6.45, 7) is 2.46. The molecule has 2 aliphatic rings. The van der Waals surface area contributed by atoms with E-state index in [9.17, 15) is 9.18 Å². The highest BCUT2D eigenvalue weighted by molar-refractivity contribution is 5.78. The van der Waals surface area contributed by atoms with E-state index in [0.717, 1.165) is 5.56 Å². The third kappa shape index (κ3) is 3.41. The number of pyridine rings is 1. The zero-order valence-corrected chi connectivity index (χ0v) is 13.8. The fraction of sp³-hybridized carbons (Fsp3) is 0.368. The minimum atomic E-state index is -0.296. The second-order valence-electron chi connectivity index (χ2n) is 6.55. The summed E-state index contributed by atoms with van der Waals surface area (Å²) in [7, 11) is 0. The van der Waals surface area contributed by atoms with E-state index in [1.807, 2.05) is 35.2 Å². The van der Waals surface area contributed by atoms with Crippen molar-refractivity contribution in [3.8, 4) is 0 Å². The van der Waals surface area contributed by atoms with Crippen molar-refractivity contribution in [1.82, 2.24) is 14.8 Å². The number of benzene rings is 1. The van der Waals surface area contributed by atoms with Crippen molar-refractivity contribution < 1.29 is 13.9 Å². The maximum absolute atomic E-state index is 13.9. The molecule has 0 unspecified atom stereocenters. The highest BCUT2D eigenvalue weighted by Crippen LogP contribution is 2.26. The maximum atomic E-state index is 13.9. The Bertz CT molecular complexity index is 755. The first-order valence-corrected chi connectivity index (χ1v) is 8.47. The Kier molecular flexibility index (Phi) is 4.46. The number of halogens is 1. The Morgan fingerprint density at radius 3 is 2.76 bits per heavy atom. The van der Waals surface area contributed by atoms with Crippen LogP contribution >= 0.6 is 0 Å². The van der Waals surface area contributed by atoms with E-state index >= 15 is 0 Å². The molecule has 2 aromatic rings. The van der Waals surface area contributed by atoms with Crippen molar-refractivity contribution in [2.45, 2.75) is 25.2 Å². The second kappa shape index (κ2) is 6.90. The zero-order valence-electron chi connectivity index (χ0n) is 13.8. The highest BCUT2D eigenvalue weighted by Gasteiger charge is 2.43. The molecule has 130 valence electrons. The van der Waals surface area contributed by atoms with Gasteiger partial charge in [-0.2, -0.15) is 0 Å². The lowest BCUT2D eigenvalue weighted by Crippen LogP contribution is -2.53. The van der Waals surface area contributed by atoms with Gasteiger partial charge in [0.15, 0.2) is 0 Å². The van der Waals surface area contributed by atoms with E-state index < -0.39 is 0 Å². The minimum Gasteiger partial charge on any atom is -0.365 e. The zero-order chi connectivity index (χ0) is 17.2. The Morgan fingerprint density at radius 1 is 1.12 bits per heavy atom. The van der Waals surface area contributed by atoms with Gasteiger partial charge in [0.05, 0.1) is 17.8 Å². The quantitative estimate of drug-likeness (QED) is 0.851. The molecule has 6 heteroatoms. The summed E-state index contributed by atoms with van der Waals surface area (Å²) >= 11 is 0. The molecular weight excluding hydrogens is 321 g/mol. The van der Waals surface area contributed by atoms with Crippen LogP contribution in [-0.2, 0) is 22.6 Å². The third-order valence-corrected chi connectivity index (χ3v) is 4.86. The molecule has 1 aromatic carbocycles. The van der Waals surface area contributed by atoms with Crippen molar-refractivity contribution in [2.75, 3.05) is 19.7 Å². The van der Waals surface area contributed by atoms with Crippen molar-refractivity contribution >= 4 is 5.91 Å². The summed E-state index contributed by atoms with van der Waals surface area (Å²) in [6.07, 6.45) is 1.57. The monoisotopic (exact) mass is 341 g/mol. The molecule has 4 rings (SSSR count). The molecule has 1 aromatic heterocycles. The van der Waals surface area contributed by atoms with E-state index in [4.69, 9.17) is 4.74 Å². The molecular formula is C19H20FN3O2. The second-order valence-corrected chi connectivity index (χ2v) is 6.55. The number of ether oxygens (including phenoxy) is 1. The molecule has 0 saturated carbocycles. The molecule has 0 spiro atoms. The molecule has 25 heavy (non-hydrogen) atoms. The van der Waals surface area contributed by atoms with Crippen LogP contribution in [0.3, 0.4) is 0 Å². The van der Waals surface area contributed by atoms with Crippen LogP contribution in [-0.4, -0.2) is 52.5 Å². The number of hydrogen-bond donors (Lipinski definition) is 0. The maximum Gasteiger partial charge on any atom is 0.249 e. The molecule has 5 nitrogen and oxygen atoms in total. The van der Waals surface area contributed by atoms with Crippen molar-refractivity contribution in [3.05, 3.63) is 65.7 Å². The largest absolute Gasteiger partial charge is 0.365 e. The van der Waals surface area contributed by atoms with Gasteiger partial charge in [0, 0.05) is 32.4 Å². The van der Waals surface area contributed by atoms with Gasteiger partial charge < -0.3 is 9.64 Å². The molecule has 0 bridgehead atoms. The van der Waals surface area contributed by atoms with Gasteiger partial charge in [0.2, 0.25) is 5.91 Å². The van der Waals surface area contributed by atoms with Gasteiger partial charge in [0.1, 0.15) is 12.4 Å². The van der Waals surface area contributed by atoms with Crippen molar-refractivity contribution in [1.29, 1.82) is 0 Å². The number of amides is 1. The normalized spacial score (nSPS) is 23.7. The number of morpholine rings is 1. The van der Waals surface area contributed by atoms with Gasteiger partial charge in [-0.05, 0) is 17.7 Å². The summed E-state index contributed by atoms with van der Waals surface area (Å²) in [6, 6.07) is 13.0. The Labute approximate surface area is 146 Å². The summed E-state index contributed by atoms with van der Waals surface area (Å²) in [5, 5.41) is 0. The number of carbonyl (C=O) groups is 1. The Hall–Kier alpha value is -2.31. The average molecular weight is 341 g/mol. The lowest BCUT2D eigenvalue weighted by atomic mass is 10.1. The van der Waals surface area contributed by atoms with Crippen LogP contribution in [0.15, 0.2) is 48.7 Å². The van der Waals surface area contributed by atoms with Gasteiger partial charge in [-0.1, -0.05) is 30.3 Å². The number of fused-ring (bicyclic) bond motifs is 1. The molecule has 2 saturated heterocycles. The molecule has 2 aliphatic heterocycles.